The maximum absolute atomic E-state index is 12.6. The van der Waals surface area contributed by atoms with Gasteiger partial charge in [0.2, 0.25) is 5.91 Å². The first kappa shape index (κ1) is 17.6. The number of piperazine rings is 1. The predicted molar refractivity (Wildman–Crippen MR) is 101 cm³/mol. The zero-order valence-corrected chi connectivity index (χ0v) is 15.4. The number of thiophene rings is 1. The molecule has 1 fully saturated rings. The van der Waals surface area contributed by atoms with Gasteiger partial charge in [0.05, 0.1) is 9.88 Å². The van der Waals surface area contributed by atoms with E-state index >= 15 is 0 Å². The Kier molecular flexibility index (Phi) is 5.50. The molecular formula is C19H23N3O2S. The van der Waals surface area contributed by atoms with Crippen LogP contribution in [0.3, 0.4) is 0 Å². The molecule has 0 saturated carbocycles. The minimum absolute atomic E-state index is 0.0529. The van der Waals surface area contributed by atoms with Gasteiger partial charge in [-0.25, -0.2) is 0 Å². The number of nitrogens with one attached hydrogen (secondary N) is 1. The second-order valence-electron chi connectivity index (χ2n) is 6.34. The highest BCUT2D eigenvalue weighted by Crippen LogP contribution is 2.24. The third-order valence-electron chi connectivity index (χ3n) is 4.43. The van der Waals surface area contributed by atoms with E-state index in [0.29, 0.717) is 9.88 Å². The molecule has 1 aliphatic rings. The first-order valence-corrected chi connectivity index (χ1v) is 9.28. The van der Waals surface area contributed by atoms with Crippen molar-refractivity contribution in [1.82, 2.24) is 9.80 Å². The standard InChI is InChI=1S/C19H23N3O2S/c1-14-5-3-4-6-16(14)13-21-9-11-22(12-10-21)19(24)17-7-8-18(25-17)20-15(2)23/h3-8H,9-13H2,1-2H3,(H,20,23). The minimum Gasteiger partial charge on any atom is -0.335 e. The van der Waals surface area contributed by atoms with Crippen molar-refractivity contribution in [3.63, 3.8) is 0 Å². The van der Waals surface area contributed by atoms with Crippen LogP contribution >= 0.6 is 11.3 Å². The van der Waals surface area contributed by atoms with Crippen molar-refractivity contribution < 1.29 is 9.59 Å². The van der Waals surface area contributed by atoms with E-state index in [1.54, 1.807) is 12.1 Å². The van der Waals surface area contributed by atoms with E-state index in [2.05, 4.69) is 41.4 Å². The van der Waals surface area contributed by atoms with Gasteiger partial charge in [-0.05, 0) is 30.2 Å². The number of hydrogen-bond acceptors (Lipinski definition) is 4. The summed E-state index contributed by atoms with van der Waals surface area (Å²) in [6.07, 6.45) is 0. The molecule has 2 heterocycles. The van der Waals surface area contributed by atoms with Crippen molar-refractivity contribution >= 4 is 28.2 Å². The number of aryl methyl sites for hydroxylation is 1. The lowest BCUT2D eigenvalue weighted by atomic mass is 10.1. The van der Waals surface area contributed by atoms with Crippen molar-refractivity contribution in [2.45, 2.75) is 20.4 Å². The number of carbonyl (C=O) groups is 2. The minimum atomic E-state index is -0.120. The molecule has 5 nitrogen and oxygen atoms in total. The number of benzene rings is 1. The Balaban J connectivity index is 1.55. The second kappa shape index (κ2) is 7.80. The summed E-state index contributed by atoms with van der Waals surface area (Å²) in [6.45, 7) is 7.76. The van der Waals surface area contributed by atoms with E-state index in [0.717, 1.165) is 32.7 Å². The van der Waals surface area contributed by atoms with Crippen LogP contribution in [0.4, 0.5) is 5.00 Å². The molecule has 0 bridgehead atoms. The largest absolute Gasteiger partial charge is 0.335 e. The Hall–Kier alpha value is -2.18. The lowest BCUT2D eigenvalue weighted by Crippen LogP contribution is -2.48. The van der Waals surface area contributed by atoms with Gasteiger partial charge < -0.3 is 10.2 Å². The van der Waals surface area contributed by atoms with Crippen LogP contribution < -0.4 is 5.32 Å². The Morgan fingerprint density at radius 3 is 2.48 bits per heavy atom. The molecule has 6 heteroatoms. The average Bonchev–Trinajstić information content (AvgIpc) is 3.05. The van der Waals surface area contributed by atoms with E-state index in [9.17, 15) is 9.59 Å². The van der Waals surface area contributed by atoms with Crippen LogP contribution in [0.2, 0.25) is 0 Å². The molecule has 2 amide bonds. The number of hydrogen-bond donors (Lipinski definition) is 1. The van der Waals surface area contributed by atoms with Crippen LogP contribution in [-0.2, 0) is 11.3 Å². The first-order valence-electron chi connectivity index (χ1n) is 8.46. The van der Waals surface area contributed by atoms with E-state index in [-0.39, 0.29) is 11.8 Å². The van der Waals surface area contributed by atoms with Crippen LogP contribution in [0.25, 0.3) is 0 Å². The monoisotopic (exact) mass is 357 g/mol. The third-order valence-corrected chi connectivity index (χ3v) is 5.42. The van der Waals surface area contributed by atoms with Crippen molar-refractivity contribution in [2.75, 3.05) is 31.5 Å². The Morgan fingerprint density at radius 2 is 1.80 bits per heavy atom. The zero-order valence-electron chi connectivity index (χ0n) is 14.6. The van der Waals surface area contributed by atoms with Crippen LogP contribution in [0, 0.1) is 6.92 Å². The van der Waals surface area contributed by atoms with Gasteiger partial charge in [0.25, 0.3) is 5.91 Å². The van der Waals surface area contributed by atoms with Gasteiger partial charge >= 0.3 is 0 Å². The maximum Gasteiger partial charge on any atom is 0.264 e. The van der Waals surface area contributed by atoms with Gasteiger partial charge in [0.15, 0.2) is 0 Å². The highest BCUT2D eigenvalue weighted by Gasteiger charge is 2.23. The summed E-state index contributed by atoms with van der Waals surface area (Å²) in [6, 6.07) is 12.0. The number of carbonyl (C=O) groups excluding carboxylic acids is 2. The summed E-state index contributed by atoms with van der Waals surface area (Å²) in [5.41, 5.74) is 2.66. The van der Waals surface area contributed by atoms with Gasteiger partial charge in [-0.2, -0.15) is 0 Å². The normalized spacial score (nSPS) is 15.2. The smallest absolute Gasteiger partial charge is 0.264 e. The predicted octanol–water partition coefficient (Wildman–Crippen LogP) is 2.97. The van der Waals surface area contributed by atoms with E-state index in [1.807, 2.05) is 4.90 Å². The fourth-order valence-electron chi connectivity index (χ4n) is 2.99. The fourth-order valence-corrected chi connectivity index (χ4v) is 3.91. The lowest BCUT2D eigenvalue weighted by Gasteiger charge is -2.34. The van der Waals surface area contributed by atoms with Crippen LogP contribution in [0.5, 0.6) is 0 Å². The van der Waals surface area contributed by atoms with Crippen molar-refractivity contribution in [3.05, 3.63) is 52.4 Å². The Bertz CT molecular complexity index is 764. The zero-order chi connectivity index (χ0) is 17.8. The van der Waals surface area contributed by atoms with E-state index in [1.165, 1.54) is 29.4 Å². The molecule has 132 valence electrons. The Labute approximate surface area is 152 Å². The third kappa shape index (κ3) is 4.46. The number of nitrogens with zero attached hydrogens (tertiary/aromatic N) is 2. The van der Waals surface area contributed by atoms with Gasteiger partial charge in [0.1, 0.15) is 0 Å². The van der Waals surface area contributed by atoms with Gasteiger partial charge in [-0.1, -0.05) is 24.3 Å². The van der Waals surface area contributed by atoms with Gasteiger partial charge in [-0.3, -0.25) is 14.5 Å². The van der Waals surface area contributed by atoms with Crippen LogP contribution in [-0.4, -0.2) is 47.8 Å². The topological polar surface area (TPSA) is 52.7 Å². The molecule has 1 aromatic carbocycles. The summed E-state index contributed by atoms with van der Waals surface area (Å²) in [4.78, 5) is 28.7. The molecule has 1 aliphatic heterocycles. The quantitative estimate of drug-likeness (QED) is 0.915. The SMILES string of the molecule is CC(=O)Nc1ccc(C(=O)N2CCN(Cc3ccccc3C)CC2)s1. The van der Waals surface area contributed by atoms with Crippen molar-refractivity contribution in [1.29, 1.82) is 0 Å². The van der Waals surface area contributed by atoms with Gasteiger partial charge in [0, 0.05) is 39.6 Å². The van der Waals surface area contributed by atoms with E-state index < -0.39 is 0 Å². The molecule has 0 spiro atoms. The average molecular weight is 357 g/mol. The van der Waals surface area contributed by atoms with E-state index in [4.69, 9.17) is 0 Å². The van der Waals surface area contributed by atoms with Crippen molar-refractivity contribution in [2.24, 2.45) is 0 Å². The number of rotatable bonds is 4. The molecule has 0 atom stereocenters. The molecule has 0 radical (unpaired) electrons. The lowest BCUT2D eigenvalue weighted by molar-refractivity contribution is -0.114. The molecule has 1 saturated heterocycles. The molecule has 0 unspecified atom stereocenters. The summed E-state index contributed by atoms with van der Waals surface area (Å²) in [7, 11) is 0. The molecule has 0 aliphatic carbocycles. The fraction of sp³-hybridized carbons (Fsp3) is 0.368. The summed E-state index contributed by atoms with van der Waals surface area (Å²) in [5.74, 6) is -0.0668. The molecular weight excluding hydrogens is 334 g/mol. The molecule has 1 aromatic heterocycles. The van der Waals surface area contributed by atoms with Crippen LogP contribution in [0.1, 0.15) is 27.7 Å². The summed E-state index contributed by atoms with van der Waals surface area (Å²) < 4.78 is 0. The van der Waals surface area contributed by atoms with Crippen LogP contribution in [0.15, 0.2) is 36.4 Å². The first-order chi connectivity index (χ1) is 12.0. The summed E-state index contributed by atoms with van der Waals surface area (Å²) >= 11 is 1.33. The highest BCUT2D eigenvalue weighted by atomic mass is 32.1. The molecule has 2 aromatic rings. The van der Waals surface area contributed by atoms with Crippen molar-refractivity contribution in [3.8, 4) is 0 Å². The molecule has 25 heavy (non-hydrogen) atoms. The number of amides is 2. The van der Waals surface area contributed by atoms with Gasteiger partial charge in [-0.15, -0.1) is 11.3 Å². The summed E-state index contributed by atoms with van der Waals surface area (Å²) in [5, 5.41) is 3.44. The highest BCUT2D eigenvalue weighted by molar-refractivity contribution is 7.18. The molecule has 1 N–H and O–H groups in total. The number of anilines is 1. The second-order valence-corrected chi connectivity index (χ2v) is 7.42. The molecule has 3 rings (SSSR count). The Morgan fingerprint density at radius 1 is 1.08 bits per heavy atom. The maximum atomic E-state index is 12.6.